The van der Waals surface area contributed by atoms with Gasteiger partial charge in [-0.15, -0.1) is 0 Å². The van der Waals surface area contributed by atoms with Gasteiger partial charge in [0.15, 0.2) is 5.60 Å². The molecule has 1 heterocycles. The van der Waals surface area contributed by atoms with Crippen molar-refractivity contribution in [3.63, 3.8) is 0 Å². The Labute approximate surface area is 192 Å². The highest BCUT2D eigenvalue weighted by molar-refractivity contribution is 5.86. The molecule has 1 aliphatic carbocycles. The minimum Gasteiger partial charge on any atom is -0.479 e. The first kappa shape index (κ1) is 22.8. The Balaban J connectivity index is 1.32. The highest BCUT2D eigenvalue weighted by atomic mass is 16.5. The van der Waals surface area contributed by atoms with Crippen LogP contribution in [-0.4, -0.2) is 64.9 Å². The fraction of sp³-hybridized carbons (Fsp3) is 0.400. The second-order valence-electron chi connectivity index (χ2n) is 8.72. The van der Waals surface area contributed by atoms with Crippen LogP contribution in [0.4, 0.5) is 4.79 Å². The minimum absolute atomic E-state index is 0.0500. The number of benzene rings is 2. The van der Waals surface area contributed by atoms with Gasteiger partial charge in [-0.1, -0.05) is 61.9 Å². The predicted octanol–water partition coefficient (Wildman–Crippen LogP) is 2.60. The zero-order valence-corrected chi connectivity index (χ0v) is 18.5. The lowest BCUT2D eigenvalue weighted by Gasteiger charge is -2.44. The molecule has 2 amide bonds. The van der Waals surface area contributed by atoms with Crippen LogP contribution in [0.1, 0.15) is 36.8 Å². The van der Waals surface area contributed by atoms with Crippen LogP contribution in [0.25, 0.3) is 11.1 Å². The minimum atomic E-state index is -1.88. The molecule has 0 bridgehead atoms. The maximum absolute atomic E-state index is 12.7. The van der Waals surface area contributed by atoms with E-state index in [0.29, 0.717) is 6.42 Å². The molecular formula is C25H28N2O6. The van der Waals surface area contributed by atoms with Gasteiger partial charge in [-0.25, -0.2) is 9.59 Å². The summed E-state index contributed by atoms with van der Waals surface area (Å²) in [5.74, 6) is -2.17. The molecule has 33 heavy (non-hydrogen) atoms. The third-order valence-electron chi connectivity index (χ3n) is 6.44. The number of carboxylic acid groups (broad SMARTS) is 1. The molecule has 8 heteroatoms. The second kappa shape index (κ2) is 9.23. The smallest absolute Gasteiger partial charge is 0.407 e. The van der Waals surface area contributed by atoms with Gasteiger partial charge in [0.2, 0.25) is 5.91 Å². The van der Waals surface area contributed by atoms with E-state index < -0.39 is 23.6 Å². The lowest BCUT2D eigenvalue weighted by atomic mass is 9.91. The molecule has 2 aromatic rings. The quantitative estimate of drug-likeness (QED) is 0.567. The number of hydrogen-bond acceptors (Lipinski definition) is 5. The highest BCUT2D eigenvalue weighted by Gasteiger charge is 2.50. The van der Waals surface area contributed by atoms with Crippen molar-refractivity contribution in [2.24, 2.45) is 5.92 Å². The molecular weight excluding hydrogens is 424 g/mol. The fourth-order valence-electron chi connectivity index (χ4n) is 4.65. The van der Waals surface area contributed by atoms with Gasteiger partial charge in [-0.2, -0.15) is 0 Å². The normalized spacial score (nSPS) is 16.8. The first-order valence-corrected chi connectivity index (χ1v) is 11.2. The summed E-state index contributed by atoms with van der Waals surface area (Å²) in [6, 6.07) is 16.1. The summed E-state index contributed by atoms with van der Waals surface area (Å²) in [7, 11) is 0. The topological polar surface area (TPSA) is 116 Å². The number of aliphatic hydroxyl groups is 1. The fourth-order valence-corrected chi connectivity index (χ4v) is 4.65. The Bertz CT molecular complexity index is 1020. The zero-order valence-electron chi connectivity index (χ0n) is 18.5. The summed E-state index contributed by atoms with van der Waals surface area (Å²) in [6.45, 7) is 1.71. The molecule has 0 aromatic heterocycles. The van der Waals surface area contributed by atoms with Gasteiger partial charge in [0.1, 0.15) is 6.61 Å². The Morgan fingerprint density at radius 2 is 1.67 bits per heavy atom. The van der Waals surface area contributed by atoms with E-state index in [1.165, 1.54) is 4.90 Å². The molecule has 1 unspecified atom stereocenters. The standard InChI is InChI=1S/C25H28N2O6/c1-2-7-16(22(28)27-14-25(32,15-27)23(29)30)12-26-24(31)33-13-21-19-10-5-3-8-17(19)18-9-4-6-11-20(18)21/h3-6,8-11,16,21,32H,2,7,12-15H2,1H3,(H,26,31)(H,29,30). The van der Waals surface area contributed by atoms with Crippen molar-refractivity contribution in [1.82, 2.24) is 10.2 Å². The van der Waals surface area contributed by atoms with Gasteiger partial charge in [0, 0.05) is 12.5 Å². The molecule has 1 saturated heterocycles. The van der Waals surface area contributed by atoms with Crippen molar-refractivity contribution in [3.05, 3.63) is 59.7 Å². The number of carbonyl (C=O) groups is 3. The number of carboxylic acids is 1. The first-order chi connectivity index (χ1) is 15.8. The summed E-state index contributed by atoms with van der Waals surface area (Å²) < 4.78 is 5.52. The highest BCUT2D eigenvalue weighted by Crippen LogP contribution is 2.44. The van der Waals surface area contributed by atoms with Gasteiger partial charge in [-0.3, -0.25) is 4.79 Å². The van der Waals surface area contributed by atoms with E-state index >= 15 is 0 Å². The third-order valence-corrected chi connectivity index (χ3v) is 6.44. The van der Waals surface area contributed by atoms with E-state index in [9.17, 15) is 19.5 Å². The van der Waals surface area contributed by atoms with Crippen molar-refractivity contribution in [1.29, 1.82) is 0 Å². The number of aliphatic carboxylic acids is 1. The number of hydrogen-bond donors (Lipinski definition) is 3. The number of fused-ring (bicyclic) bond motifs is 3. The Morgan fingerprint density at radius 3 is 2.21 bits per heavy atom. The molecule has 4 rings (SSSR count). The SMILES string of the molecule is CCCC(CNC(=O)OCC1c2ccccc2-c2ccccc21)C(=O)N1CC(O)(C(=O)O)C1. The third kappa shape index (κ3) is 4.43. The molecule has 2 aliphatic rings. The maximum Gasteiger partial charge on any atom is 0.407 e. The number of carbonyl (C=O) groups excluding carboxylic acids is 2. The number of likely N-dealkylation sites (tertiary alicyclic amines) is 1. The molecule has 1 fully saturated rings. The Morgan fingerprint density at radius 1 is 1.09 bits per heavy atom. The molecule has 1 atom stereocenters. The van der Waals surface area contributed by atoms with Gasteiger partial charge < -0.3 is 25.2 Å². The molecule has 1 aliphatic heterocycles. The number of nitrogens with zero attached hydrogens (tertiary/aromatic N) is 1. The van der Waals surface area contributed by atoms with E-state index in [2.05, 4.69) is 17.4 Å². The number of β-amino-alcohol motifs (C(OH)–C–C–N with tert-alkyl or cyclic N) is 1. The average molecular weight is 453 g/mol. The van der Waals surface area contributed by atoms with Crippen molar-refractivity contribution < 1.29 is 29.3 Å². The Hall–Kier alpha value is -3.39. The van der Waals surface area contributed by atoms with E-state index in [0.717, 1.165) is 28.7 Å². The monoisotopic (exact) mass is 452 g/mol. The second-order valence-corrected chi connectivity index (χ2v) is 8.72. The van der Waals surface area contributed by atoms with Gasteiger partial charge in [0.05, 0.1) is 19.0 Å². The predicted molar refractivity (Wildman–Crippen MR) is 121 cm³/mol. The van der Waals surface area contributed by atoms with E-state index in [1.54, 1.807) is 0 Å². The van der Waals surface area contributed by atoms with E-state index in [4.69, 9.17) is 9.84 Å². The first-order valence-electron chi connectivity index (χ1n) is 11.2. The molecule has 174 valence electrons. The van der Waals surface area contributed by atoms with E-state index in [-0.39, 0.29) is 38.1 Å². The number of amides is 2. The number of nitrogens with one attached hydrogen (secondary N) is 1. The lowest BCUT2D eigenvalue weighted by Crippen LogP contribution is -2.68. The zero-order chi connectivity index (χ0) is 23.6. The maximum atomic E-state index is 12.7. The van der Waals surface area contributed by atoms with Crippen molar-refractivity contribution >= 4 is 18.0 Å². The van der Waals surface area contributed by atoms with Gasteiger partial charge in [-0.05, 0) is 28.7 Å². The molecule has 3 N–H and O–H groups in total. The number of alkyl carbamates (subject to hydrolysis) is 1. The number of rotatable bonds is 8. The molecule has 2 aromatic carbocycles. The van der Waals surface area contributed by atoms with Crippen LogP contribution >= 0.6 is 0 Å². The molecule has 0 radical (unpaired) electrons. The van der Waals surface area contributed by atoms with Crippen LogP contribution in [0.3, 0.4) is 0 Å². The summed E-state index contributed by atoms with van der Waals surface area (Å²) in [5, 5.41) is 21.6. The van der Waals surface area contributed by atoms with Crippen LogP contribution in [-0.2, 0) is 14.3 Å². The van der Waals surface area contributed by atoms with Crippen LogP contribution in [0, 0.1) is 5.92 Å². The average Bonchev–Trinajstić information content (AvgIpc) is 3.11. The van der Waals surface area contributed by atoms with E-state index in [1.807, 2.05) is 43.3 Å². The van der Waals surface area contributed by atoms with Gasteiger partial charge >= 0.3 is 12.1 Å². The van der Waals surface area contributed by atoms with Gasteiger partial charge in [0.25, 0.3) is 0 Å². The van der Waals surface area contributed by atoms with Crippen molar-refractivity contribution in [2.45, 2.75) is 31.3 Å². The van der Waals surface area contributed by atoms with Crippen LogP contribution in [0.2, 0.25) is 0 Å². The van der Waals surface area contributed by atoms with Crippen LogP contribution in [0.15, 0.2) is 48.5 Å². The van der Waals surface area contributed by atoms with Crippen molar-refractivity contribution in [3.8, 4) is 11.1 Å². The summed E-state index contributed by atoms with van der Waals surface area (Å²) >= 11 is 0. The summed E-state index contributed by atoms with van der Waals surface area (Å²) in [6.07, 6.45) is 0.654. The molecule has 0 saturated carbocycles. The number of ether oxygens (including phenoxy) is 1. The Kier molecular flexibility index (Phi) is 6.37. The largest absolute Gasteiger partial charge is 0.479 e. The van der Waals surface area contributed by atoms with Crippen molar-refractivity contribution in [2.75, 3.05) is 26.2 Å². The lowest BCUT2D eigenvalue weighted by molar-refractivity contribution is -0.183. The van der Waals surface area contributed by atoms with Crippen LogP contribution in [0.5, 0.6) is 0 Å². The molecule has 0 spiro atoms. The summed E-state index contributed by atoms with van der Waals surface area (Å²) in [4.78, 5) is 37.5. The molecule has 8 nitrogen and oxygen atoms in total. The summed E-state index contributed by atoms with van der Waals surface area (Å²) in [5.41, 5.74) is 2.65. The van der Waals surface area contributed by atoms with Crippen LogP contribution < -0.4 is 5.32 Å².